The van der Waals surface area contributed by atoms with Crippen LogP contribution >= 0.6 is 43.2 Å². The van der Waals surface area contributed by atoms with E-state index in [-0.39, 0.29) is 10.9 Å². The van der Waals surface area contributed by atoms with Crippen LogP contribution in [0.5, 0.6) is 0 Å². The fourth-order valence-corrected chi connectivity index (χ4v) is 6.33. The minimum Gasteiger partial charge on any atom is -0.206 e. The molecule has 0 amide bonds. The van der Waals surface area contributed by atoms with Crippen molar-refractivity contribution in [2.75, 3.05) is 0 Å². The molecule has 1 heterocycles. The lowest BCUT2D eigenvalue weighted by Crippen LogP contribution is -2.37. The molecule has 1 aromatic rings. The summed E-state index contributed by atoms with van der Waals surface area (Å²) in [6.07, 6.45) is 2.99. The van der Waals surface area contributed by atoms with Crippen LogP contribution in [0, 0.1) is 0 Å². The van der Waals surface area contributed by atoms with Gasteiger partial charge in [-0.2, -0.15) is 0 Å². The highest BCUT2D eigenvalue weighted by Gasteiger charge is 2.30. The first-order chi connectivity index (χ1) is 7.50. The van der Waals surface area contributed by atoms with Gasteiger partial charge in [0.2, 0.25) is 0 Å². The van der Waals surface area contributed by atoms with E-state index in [4.69, 9.17) is 0 Å². The van der Waals surface area contributed by atoms with Crippen LogP contribution in [0.1, 0.15) is 19.3 Å². The van der Waals surface area contributed by atoms with Crippen molar-refractivity contribution in [3.05, 3.63) is 15.9 Å². The van der Waals surface area contributed by atoms with E-state index in [9.17, 15) is 8.42 Å². The fraction of sp³-hybridized carbons (Fsp3) is 0.556. The second kappa shape index (κ2) is 5.06. The number of hydrogen-bond acceptors (Lipinski definition) is 3. The maximum absolute atomic E-state index is 12.1. The highest BCUT2D eigenvalue weighted by molar-refractivity contribution is 9.10. The predicted octanol–water partition coefficient (Wildman–Crippen LogP) is 3.10. The number of alkyl halides is 1. The smallest absolute Gasteiger partial charge is 0.206 e. The van der Waals surface area contributed by atoms with Gasteiger partial charge in [-0.3, -0.25) is 0 Å². The van der Waals surface area contributed by atoms with Crippen LogP contribution in [-0.4, -0.2) is 19.3 Å². The van der Waals surface area contributed by atoms with Crippen LogP contribution in [0.2, 0.25) is 0 Å². The Morgan fingerprint density at radius 2 is 2.19 bits per heavy atom. The van der Waals surface area contributed by atoms with Crippen molar-refractivity contribution in [1.29, 1.82) is 0 Å². The quantitative estimate of drug-likeness (QED) is 0.808. The molecule has 2 unspecified atom stereocenters. The van der Waals surface area contributed by atoms with E-state index in [1.807, 2.05) is 0 Å². The Bertz CT molecular complexity index is 472. The monoisotopic (exact) mass is 387 g/mol. The van der Waals surface area contributed by atoms with Crippen LogP contribution < -0.4 is 4.72 Å². The Hall–Kier alpha value is 0.570. The van der Waals surface area contributed by atoms with Gasteiger partial charge < -0.3 is 0 Å². The van der Waals surface area contributed by atoms with Gasteiger partial charge in [0.05, 0.1) is 0 Å². The molecule has 0 aromatic carbocycles. The Balaban J connectivity index is 2.18. The maximum atomic E-state index is 12.1. The second-order valence-electron chi connectivity index (χ2n) is 3.73. The number of halogens is 2. The van der Waals surface area contributed by atoms with E-state index in [2.05, 4.69) is 36.6 Å². The molecule has 0 saturated heterocycles. The second-order valence-corrected chi connectivity index (χ2v) is 8.59. The van der Waals surface area contributed by atoms with E-state index in [0.29, 0.717) is 8.68 Å². The van der Waals surface area contributed by atoms with Gasteiger partial charge in [-0.15, -0.1) is 11.3 Å². The van der Waals surface area contributed by atoms with Crippen LogP contribution in [0.3, 0.4) is 0 Å². The van der Waals surface area contributed by atoms with E-state index in [1.54, 1.807) is 11.4 Å². The van der Waals surface area contributed by atoms with Crippen molar-refractivity contribution in [3.63, 3.8) is 0 Å². The first-order valence-electron chi connectivity index (χ1n) is 4.90. The van der Waals surface area contributed by atoms with Crippen LogP contribution in [-0.2, 0) is 10.0 Å². The largest absolute Gasteiger partial charge is 0.251 e. The molecule has 1 aliphatic rings. The number of rotatable bonds is 3. The van der Waals surface area contributed by atoms with Crippen LogP contribution in [0.4, 0.5) is 0 Å². The standard InChI is InChI=1S/C9H11Br2NO2S2/c10-6-2-1-3-8(6)12-16(13,14)9-7(11)4-5-15-9/h4-6,8,12H,1-3H2. The van der Waals surface area contributed by atoms with Crippen molar-refractivity contribution < 1.29 is 8.42 Å². The molecular formula is C9H11Br2NO2S2. The Morgan fingerprint density at radius 3 is 2.69 bits per heavy atom. The average Bonchev–Trinajstić information content (AvgIpc) is 2.76. The Kier molecular flexibility index (Phi) is 4.11. The minimum absolute atomic E-state index is 0.0130. The summed E-state index contributed by atoms with van der Waals surface area (Å²) in [6, 6.07) is 1.76. The molecular weight excluding hydrogens is 378 g/mol. The Labute approximate surface area is 116 Å². The number of hydrogen-bond donors (Lipinski definition) is 1. The first-order valence-corrected chi connectivity index (χ1v) is 8.97. The SMILES string of the molecule is O=S(=O)(NC1CCCC1Br)c1sccc1Br. The summed E-state index contributed by atoms with van der Waals surface area (Å²) >= 11 is 7.98. The molecule has 7 heteroatoms. The van der Waals surface area contributed by atoms with Gasteiger partial charge in [-0.25, -0.2) is 13.1 Å². The molecule has 1 aliphatic carbocycles. The lowest BCUT2D eigenvalue weighted by Gasteiger charge is -2.15. The van der Waals surface area contributed by atoms with Crippen molar-refractivity contribution in [2.45, 2.75) is 34.3 Å². The maximum Gasteiger partial charge on any atom is 0.251 e. The van der Waals surface area contributed by atoms with Gasteiger partial charge in [-0.05, 0) is 40.2 Å². The van der Waals surface area contributed by atoms with E-state index in [0.717, 1.165) is 19.3 Å². The molecule has 1 saturated carbocycles. The number of nitrogens with one attached hydrogen (secondary N) is 1. The molecule has 2 rings (SSSR count). The summed E-state index contributed by atoms with van der Waals surface area (Å²) in [7, 11) is -3.37. The van der Waals surface area contributed by atoms with Crippen molar-refractivity contribution in [2.24, 2.45) is 0 Å². The number of thiophene rings is 1. The average molecular weight is 389 g/mol. The van der Waals surface area contributed by atoms with Crippen molar-refractivity contribution in [3.8, 4) is 0 Å². The molecule has 0 aliphatic heterocycles. The van der Waals surface area contributed by atoms with Crippen LogP contribution in [0.25, 0.3) is 0 Å². The summed E-state index contributed by atoms with van der Waals surface area (Å²) in [5.41, 5.74) is 0. The minimum atomic E-state index is -3.37. The molecule has 0 bridgehead atoms. The molecule has 1 fully saturated rings. The molecule has 2 atom stereocenters. The zero-order valence-corrected chi connectivity index (χ0v) is 13.1. The van der Waals surface area contributed by atoms with Gasteiger partial charge in [0, 0.05) is 15.3 Å². The molecule has 16 heavy (non-hydrogen) atoms. The molecule has 0 radical (unpaired) electrons. The summed E-state index contributed by atoms with van der Waals surface area (Å²) in [6.45, 7) is 0. The fourth-order valence-electron chi connectivity index (χ4n) is 1.77. The lowest BCUT2D eigenvalue weighted by atomic mass is 10.3. The Morgan fingerprint density at radius 1 is 1.44 bits per heavy atom. The first kappa shape index (κ1) is 13.0. The van der Waals surface area contributed by atoms with Gasteiger partial charge in [0.15, 0.2) is 0 Å². The molecule has 3 nitrogen and oxygen atoms in total. The van der Waals surface area contributed by atoms with Gasteiger partial charge in [-0.1, -0.05) is 22.4 Å². The van der Waals surface area contributed by atoms with E-state index >= 15 is 0 Å². The number of sulfonamides is 1. The van der Waals surface area contributed by atoms with Gasteiger partial charge in [0.1, 0.15) is 4.21 Å². The predicted molar refractivity (Wildman–Crippen MR) is 72.7 cm³/mol. The normalized spacial score (nSPS) is 26.1. The third-order valence-corrected chi connectivity index (χ3v) is 7.82. The highest BCUT2D eigenvalue weighted by atomic mass is 79.9. The highest BCUT2D eigenvalue weighted by Crippen LogP contribution is 2.31. The third-order valence-electron chi connectivity index (χ3n) is 2.57. The van der Waals surface area contributed by atoms with Crippen LogP contribution in [0.15, 0.2) is 20.1 Å². The van der Waals surface area contributed by atoms with Gasteiger partial charge >= 0.3 is 0 Å². The zero-order chi connectivity index (χ0) is 11.8. The summed E-state index contributed by atoms with van der Waals surface area (Å²) in [5, 5.41) is 1.76. The molecule has 1 aromatic heterocycles. The van der Waals surface area contributed by atoms with Crippen molar-refractivity contribution in [1.82, 2.24) is 4.72 Å². The van der Waals surface area contributed by atoms with Gasteiger partial charge in [0.25, 0.3) is 10.0 Å². The summed E-state index contributed by atoms with van der Waals surface area (Å²) in [5.74, 6) is 0. The third kappa shape index (κ3) is 2.69. The topological polar surface area (TPSA) is 46.2 Å². The van der Waals surface area contributed by atoms with Crippen molar-refractivity contribution >= 4 is 53.2 Å². The molecule has 0 spiro atoms. The zero-order valence-electron chi connectivity index (χ0n) is 8.32. The van der Waals surface area contributed by atoms with E-state index < -0.39 is 10.0 Å². The summed E-state index contributed by atoms with van der Waals surface area (Å²) < 4.78 is 27.9. The molecule has 90 valence electrons. The molecule has 1 N–H and O–H groups in total. The summed E-state index contributed by atoms with van der Waals surface area (Å²) in [4.78, 5) is 0.251. The van der Waals surface area contributed by atoms with E-state index in [1.165, 1.54) is 11.3 Å². The lowest BCUT2D eigenvalue weighted by molar-refractivity contribution is 0.558.